The predicted molar refractivity (Wildman–Crippen MR) is 94.2 cm³/mol. The van der Waals surface area contributed by atoms with Crippen LogP contribution < -0.4 is 0 Å². The van der Waals surface area contributed by atoms with Crippen molar-refractivity contribution in [2.75, 3.05) is 13.3 Å². The third-order valence-corrected chi connectivity index (χ3v) is 5.39. The highest BCUT2D eigenvalue weighted by atomic mass is 79.9. The SMILES string of the molecule is CC(c1ccc(S(C)(=O)=O)cc1)N(C)C(=O)c1cccc(Br)c1. The molecule has 0 radical (unpaired) electrons. The minimum atomic E-state index is -3.22. The quantitative estimate of drug-likeness (QED) is 0.792. The third-order valence-electron chi connectivity index (χ3n) is 3.76. The Morgan fingerprint density at radius 1 is 1.13 bits per heavy atom. The molecule has 0 aliphatic heterocycles. The van der Waals surface area contributed by atoms with E-state index in [0.717, 1.165) is 10.0 Å². The molecule has 2 rings (SSSR count). The third kappa shape index (κ3) is 4.20. The van der Waals surface area contributed by atoms with E-state index in [4.69, 9.17) is 0 Å². The fourth-order valence-electron chi connectivity index (χ4n) is 2.22. The largest absolute Gasteiger partial charge is 0.335 e. The first kappa shape index (κ1) is 17.7. The lowest BCUT2D eigenvalue weighted by Gasteiger charge is -2.25. The van der Waals surface area contributed by atoms with Crippen LogP contribution >= 0.6 is 15.9 Å². The van der Waals surface area contributed by atoms with Gasteiger partial charge in [0.05, 0.1) is 10.9 Å². The van der Waals surface area contributed by atoms with Gasteiger partial charge in [-0.3, -0.25) is 4.79 Å². The molecule has 2 aromatic carbocycles. The van der Waals surface area contributed by atoms with Gasteiger partial charge >= 0.3 is 0 Å². The van der Waals surface area contributed by atoms with Crippen molar-refractivity contribution >= 4 is 31.7 Å². The zero-order chi connectivity index (χ0) is 17.2. The molecule has 1 unspecified atom stereocenters. The fraction of sp³-hybridized carbons (Fsp3) is 0.235. The van der Waals surface area contributed by atoms with Gasteiger partial charge in [0.1, 0.15) is 0 Å². The van der Waals surface area contributed by atoms with Crippen LogP contribution in [-0.2, 0) is 9.84 Å². The van der Waals surface area contributed by atoms with E-state index in [1.165, 1.54) is 6.26 Å². The maximum absolute atomic E-state index is 12.5. The highest BCUT2D eigenvalue weighted by molar-refractivity contribution is 9.10. The smallest absolute Gasteiger partial charge is 0.254 e. The first-order chi connectivity index (χ1) is 10.7. The molecule has 0 N–H and O–H groups in total. The monoisotopic (exact) mass is 395 g/mol. The van der Waals surface area contributed by atoms with Crippen molar-refractivity contribution in [2.24, 2.45) is 0 Å². The first-order valence-electron chi connectivity index (χ1n) is 7.03. The van der Waals surface area contributed by atoms with E-state index in [-0.39, 0.29) is 16.8 Å². The normalized spacial score (nSPS) is 12.7. The molecule has 23 heavy (non-hydrogen) atoms. The van der Waals surface area contributed by atoms with Crippen molar-refractivity contribution in [3.05, 3.63) is 64.1 Å². The van der Waals surface area contributed by atoms with E-state index in [1.54, 1.807) is 48.3 Å². The lowest BCUT2D eigenvalue weighted by molar-refractivity contribution is 0.0742. The number of hydrogen-bond acceptors (Lipinski definition) is 3. The van der Waals surface area contributed by atoms with E-state index in [2.05, 4.69) is 15.9 Å². The van der Waals surface area contributed by atoms with Gasteiger partial charge in [0.15, 0.2) is 9.84 Å². The maximum Gasteiger partial charge on any atom is 0.254 e. The Balaban J connectivity index is 2.22. The standard InChI is InChI=1S/C17H18BrNO3S/c1-12(13-7-9-16(10-8-13)23(3,21)22)19(2)17(20)14-5-4-6-15(18)11-14/h4-12H,1-3H3. The van der Waals surface area contributed by atoms with Crippen molar-refractivity contribution in [3.8, 4) is 0 Å². The average molecular weight is 396 g/mol. The molecule has 4 nitrogen and oxygen atoms in total. The molecule has 6 heteroatoms. The molecule has 0 spiro atoms. The van der Waals surface area contributed by atoms with Gasteiger partial charge in [0, 0.05) is 23.3 Å². The molecule has 0 aliphatic carbocycles. The van der Waals surface area contributed by atoms with Gasteiger partial charge in [-0.05, 0) is 42.8 Å². The molecule has 0 aromatic heterocycles. The van der Waals surface area contributed by atoms with Crippen LogP contribution in [0.2, 0.25) is 0 Å². The van der Waals surface area contributed by atoms with Crippen molar-refractivity contribution in [2.45, 2.75) is 17.9 Å². The number of carbonyl (C=O) groups excluding carboxylic acids is 1. The van der Waals surface area contributed by atoms with Crippen LogP contribution in [0.1, 0.15) is 28.9 Å². The molecule has 0 saturated heterocycles. The van der Waals surface area contributed by atoms with Gasteiger partial charge in [-0.2, -0.15) is 0 Å². The summed E-state index contributed by atoms with van der Waals surface area (Å²) in [6, 6.07) is 13.7. The fourth-order valence-corrected chi connectivity index (χ4v) is 3.25. The van der Waals surface area contributed by atoms with Gasteiger partial charge in [0.25, 0.3) is 5.91 Å². The molecule has 1 amide bonds. The molecule has 0 aliphatic rings. The van der Waals surface area contributed by atoms with Crippen molar-refractivity contribution in [1.29, 1.82) is 0 Å². The maximum atomic E-state index is 12.5. The molecule has 0 saturated carbocycles. The summed E-state index contributed by atoms with van der Waals surface area (Å²) in [5, 5.41) is 0. The van der Waals surface area contributed by atoms with Crippen LogP contribution in [0.5, 0.6) is 0 Å². The first-order valence-corrected chi connectivity index (χ1v) is 9.71. The molecule has 1 atom stereocenters. The van der Waals surface area contributed by atoms with Crippen molar-refractivity contribution in [1.82, 2.24) is 4.90 Å². The number of carbonyl (C=O) groups is 1. The van der Waals surface area contributed by atoms with Crippen LogP contribution in [0.3, 0.4) is 0 Å². The van der Waals surface area contributed by atoms with Crippen molar-refractivity contribution < 1.29 is 13.2 Å². The average Bonchev–Trinajstić information content (AvgIpc) is 2.52. The van der Waals surface area contributed by atoms with Crippen LogP contribution in [0.25, 0.3) is 0 Å². The lowest BCUT2D eigenvalue weighted by atomic mass is 10.1. The lowest BCUT2D eigenvalue weighted by Crippen LogP contribution is -2.29. The van der Waals surface area contributed by atoms with Gasteiger partial charge in [0.2, 0.25) is 0 Å². The topological polar surface area (TPSA) is 54.5 Å². The summed E-state index contributed by atoms with van der Waals surface area (Å²) >= 11 is 3.36. The minimum absolute atomic E-state index is 0.0917. The van der Waals surface area contributed by atoms with Gasteiger partial charge in [-0.15, -0.1) is 0 Å². The Kier molecular flexibility index (Phi) is 5.26. The van der Waals surface area contributed by atoms with Gasteiger partial charge < -0.3 is 4.90 Å². The second kappa shape index (κ2) is 6.84. The number of benzene rings is 2. The zero-order valence-electron chi connectivity index (χ0n) is 13.2. The van der Waals surface area contributed by atoms with Gasteiger partial charge in [-0.25, -0.2) is 8.42 Å². The molecule has 0 bridgehead atoms. The summed E-state index contributed by atoms with van der Waals surface area (Å²) in [4.78, 5) is 14.5. The summed E-state index contributed by atoms with van der Waals surface area (Å²) in [7, 11) is -1.48. The summed E-state index contributed by atoms with van der Waals surface area (Å²) in [5.41, 5.74) is 1.48. The highest BCUT2D eigenvalue weighted by Gasteiger charge is 2.19. The summed E-state index contributed by atoms with van der Waals surface area (Å²) < 4.78 is 23.9. The number of hydrogen-bond donors (Lipinski definition) is 0. The predicted octanol–water partition coefficient (Wildman–Crippen LogP) is 3.69. The second-order valence-corrected chi connectivity index (χ2v) is 8.37. The number of halogens is 1. The van der Waals surface area contributed by atoms with Crippen LogP contribution in [0, 0.1) is 0 Å². The summed E-state index contributed by atoms with van der Waals surface area (Å²) in [6.07, 6.45) is 1.17. The number of rotatable bonds is 4. The zero-order valence-corrected chi connectivity index (χ0v) is 15.6. The molecule has 122 valence electrons. The number of sulfone groups is 1. The van der Waals surface area contributed by atoms with E-state index < -0.39 is 9.84 Å². The van der Waals surface area contributed by atoms with E-state index >= 15 is 0 Å². The molecular weight excluding hydrogens is 378 g/mol. The molecule has 2 aromatic rings. The van der Waals surface area contributed by atoms with Crippen LogP contribution in [0.15, 0.2) is 57.9 Å². The van der Waals surface area contributed by atoms with E-state index in [0.29, 0.717) is 5.56 Å². The number of amides is 1. The van der Waals surface area contributed by atoms with E-state index in [9.17, 15) is 13.2 Å². The Hall–Kier alpha value is -1.66. The summed E-state index contributed by atoms with van der Waals surface area (Å²) in [6.45, 7) is 1.91. The Morgan fingerprint density at radius 3 is 2.26 bits per heavy atom. The van der Waals surface area contributed by atoms with Crippen molar-refractivity contribution in [3.63, 3.8) is 0 Å². The Labute approximate surface area is 145 Å². The van der Waals surface area contributed by atoms with E-state index in [1.807, 2.05) is 19.1 Å². The minimum Gasteiger partial charge on any atom is -0.335 e. The van der Waals surface area contributed by atoms with Gasteiger partial charge in [-0.1, -0.05) is 34.1 Å². The highest BCUT2D eigenvalue weighted by Crippen LogP contribution is 2.23. The second-order valence-electron chi connectivity index (χ2n) is 5.44. The molecule has 0 heterocycles. The molecule has 0 fully saturated rings. The van der Waals surface area contributed by atoms with Crippen LogP contribution in [-0.4, -0.2) is 32.5 Å². The number of nitrogens with zero attached hydrogens (tertiary/aromatic N) is 1. The molecular formula is C17H18BrNO3S. The Morgan fingerprint density at radius 2 is 1.74 bits per heavy atom. The summed E-state index contributed by atoms with van der Waals surface area (Å²) in [5.74, 6) is -0.0917. The Bertz CT molecular complexity index is 816. The van der Waals surface area contributed by atoms with Crippen LogP contribution in [0.4, 0.5) is 0 Å².